The van der Waals surface area contributed by atoms with Crippen molar-refractivity contribution in [1.82, 2.24) is 19.7 Å². The Morgan fingerprint density at radius 2 is 1.79 bits per heavy atom. The van der Waals surface area contributed by atoms with Crippen LogP contribution in [0.2, 0.25) is 0 Å². The molecule has 5 nitrogen and oxygen atoms in total. The molecule has 0 saturated carbocycles. The third-order valence-electron chi connectivity index (χ3n) is 3.23. The number of hydrogen-bond acceptors (Lipinski definition) is 4. The summed E-state index contributed by atoms with van der Waals surface area (Å²) >= 11 is 0. The van der Waals surface area contributed by atoms with Crippen LogP contribution in [0.3, 0.4) is 0 Å². The van der Waals surface area contributed by atoms with Crippen molar-refractivity contribution in [3.63, 3.8) is 0 Å². The molecular weight excluding hydrogens is 319 g/mol. The summed E-state index contributed by atoms with van der Waals surface area (Å²) in [6, 6.07) is 8.41. The van der Waals surface area contributed by atoms with Gasteiger partial charge in [-0.1, -0.05) is 6.07 Å². The minimum Gasteiger partial charge on any atom is -0.340 e. The molecule has 0 atom stereocenters. The number of aromatic nitrogens is 4. The average molecular weight is 333 g/mol. The maximum absolute atomic E-state index is 12.8. The molecule has 8 heteroatoms. The van der Waals surface area contributed by atoms with Crippen LogP contribution in [-0.2, 0) is 6.18 Å². The first-order chi connectivity index (χ1) is 11.3. The third-order valence-corrected chi connectivity index (χ3v) is 3.23. The van der Waals surface area contributed by atoms with E-state index in [1.54, 1.807) is 25.3 Å². The number of rotatable bonds is 3. The van der Waals surface area contributed by atoms with Gasteiger partial charge in [-0.15, -0.1) is 0 Å². The first-order valence-electron chi connectivity index (χ1n) is 7.14. The zero-order valence-electron chi connectivity index (χ0n) is 13.0. The van der Waals surface area contributed by atoms with E-state index in [1.165, 1.54) is 10.7 Å². The fraction of sp³-hybridized carbons (Fsp3) is 0.188. The van der Waals surface area contributed by atoms with Gasteiger partial charge in [-0.25, -0.2) is 9.67 Å². The van der Waals surface area contributed by atoms with Crippen molar-refractivity contribution < 1.29 is 13.2 Å². The number of benzene rings is 1. The molecule has 24 heavy (non-hydrogen) atoms. The van der Waals surface area contributed by atoms with Crippen molar-refractivity contribution in [3.8, 4) is 5.95 Å². The fourth-order valence-electron chi connectivity index (χ4n) is 2.17. The molecule has 0 aliphatic heterocycles. The van der Waals surface area contributed by atoms with E-state index >= 15 is 0 Å². The molecule has 1 N–H and O–H groups in total. The number of nitrogens with zero attached hydrogens (tertiary/aromatic N) is 4. The fourth-order valence-corrected chi connectivity index (χ4v) is 2.17. The highest BCUT2D eigenvalue weighted by Crippen LogP contribution is 2.31. The molecule has 0 unspecified atom stereocenters. The summed E-state index contributed by atoms with van der Waals surface area (Å²) < 4.78 is 39.9. The lowest BCUT2D eigenvalue weighted by atomic mass is 10.2. The zero-order chi connectivity index (χ0) is 17.3. The van der Waals surface area contributed by atoms with Crippen molar-refractivity contribution in [2.24, 2.45) is 0 Å². The second-order valence-electron chi connectivity index (χ2n) is 5.30. The van der Waals surface area contributed by atoms with Crippen molar-refractivity contribution in [2.45, 2.75) is 20.0 Å². The van der Waals surface area contributed by atoms with Crippen molar-refractivity contribution >= 4 is 11.5 Å². The van der Waals surface area contributed by atoms with Crippen molar-refractivity contribution in [1.29, 1.82) is 0 Å². The normalized spacial score (nSPS) is 11.5. The third kappa shape index (κ3) is 3.53. The number of hydrogen-bond donors (Lipinski definition) is 1. The minimum atomic E-state index is -4.39. The minimum absolute atomic E-state index is 0.297. The highest BCUT2D eigenvalue weighted by Gasteiger charge is 2.30. The monoisotopic (exact) mass is 333 g/mol. The Morgan fingerprint density at radius 3 is 2.46 bits per heavy atom. The predicted octanol–water partition coefficient (Wildman–Crippen LogP) is 4.04. The Bertz CT molecular complexity index is 870. The van der Waals surface area contributed by atoms with Crippen LogP contribution >= 0.6 is 0 Å². The van der Waals surface area contributed by atoms with Gasteiger partial charge in [0.15, 0.2) is 0 Å². The molecule has 0 aliphatic rings. The molecule has 0 saturated heterocycles. The van der Waals surface area contributed by atoms with E-state index in [0.29, 0.717) is 23.1 Å². The summed E-state index contributed by atoms with van der Waals surface area (Å²) in [6.45, 7) is 3.62. The second-order valence-corrected chi connectivity index (χ2v) is 5.30. The van der Waals surface area contributed by atoms with E-state index in [9.17, 15) is 13.2 Å². The standard InChI is InChI=1S/C16H14F3N5/c1-10-6-7-24(23-10)15-20-11(2)8-14(22-15)21-13-5-3-4-12(9-13)16(17,18)19/h3-9H,1-2H3,(H,20,21,22). The molecule has 2 aromatic heterocycles. The highest BCUT2D eigenvalue weighted by molar-refractivity contribution is 5.58. The van der Waals surface area contributed by atoms with Gasteiger partial charge in [0.2, 0.25) is 0 Å². The predicted molar refractivity (Wildman–Crippen MR) is 83.4 cm³/mol. The lowest BCUT2D eigenvalue weighted by Crippen LogP contribution is -2.07. The van der Waals surface area contributed by atoms with Crippen LogP contribution in [0, 0.1) is 13.8 Å². The summed E-state index contributed by atoms with van der Waals surface area (Å²) in [5.74, 6) is 0.738. The number of halogens is 3. The Labute approximate surface area is 136 Å². The number of aryl methyl sites for hydroxylation is 2. The van der Waals surface area contributed by atoms with Gasteiger partial charge in [-0.2, -0.15) is 23.3 Å². The molecule has 3 aromatic rings. The number of anilines is 2. The molecule has 1 aromatic carbocycles. The Balaban J connectivity index is 1.92. The van der Waals surface area contributed by atoms with E-state index in [1.807, 2.05) is 13.0 Å². The molecule has 0 amide bonds. The lowest BCUT2D eigenvalue weighted by molar-refractivity contribution is -0.137. The molecule has 0 spiro atoms. The zero-order valence-corrected chi connectivity index (χ0v) is 13.0. The molecule has 0 bridgehead atoms. The van der Waals surface area contributed by atoms with E-state index in [4.69, 9.17) is 0 Å². The summed E-state index contributed by atoms with van der Waals surface area (Å²) in [6.07, 6.45) is -2.67. The second kappa shape index (κ2) is 5.95. The summed E-state index contributed by atoms with van der Waals surface area (Å²) in [5.41, 5.74) is 1.06. The highest BCUT2D eigenvalue weighted by atomic mass is 19.4. The van der Waals surface area contributed by atoms with Gasteiger partial charge in [0.05, 0.1) is 11.3 Å². The van der Waals surface area contributed by atoms with Gasteiger partial charge in [-0.05, 0) is 38.1 Å². The van der Waals surface area contributed by atoms with E-state index < -0.39 is 11.7 Å². The first-order valence-corrected chi connectivity index (χ1v) is 7.14. The molecular formula is C16H14F3N5. The van der Waals surface area contributed by atoms with Crippen LogP contribution in [0.15, 0.2) is 42.6 Å². The van der Waals surface area contributed by atoms with Gasteiger partial charge in [0.1, 0.15) is 5.82 Å². The van der Waals surface area contributed by atoms with Gasteiger partial charge in [0, 0.05) is 23.6 Å². The molecule has 2 heterocycles. The van der Waals surface area contributed by atoms with Crippen LogP contribution in [0.1, 0.15) is 17.0 Å². The first kappa shape index (κ1) is 16.0. The Hall–Kier alpha value is -2.90. The van der Waals surface area contributed by atoms with Crippen LogP contribution in [-0.4, -0.2) is 19.7 Å². The van der Waals surface area contributed by atoms with Crippen LogP contribution in [0.5, 0.6) is 0 Å². The Morgan fingerprint density at radius 1 is 1.00 bits per heavy atom. The summed E-state index contributed by atoms with van der Waals surface area (Å²) in [7, 11) is 0. The molecule has 0 radical (unpaired) electrons. The average Bonchev–Trinajstić information content (AvgIpc) is 2.93. The maximum Gasteiger partial charge on any atom is 0.416 e. The van der Waals surface area contributed by atoms with Crippen LogP contribution in [0.25, 0.3) is 5.95 Å². The topological polar surface area (TPSA) is 55.6 Å². The lowest BCUT2D eigenvalue weighted by Gasteiger charge is -2.11. The summed E-state index contributed by atoms with van der Waals surface area (Å²) in [4.78, 5) is 8.59. The smallest absolute Gasteiger partial charge is 0.340 e. The van der Waals surface area contributed by atoms with Crippen molar-refractivity contribution in [3.05, 3.63) is 59.5 Å². The molecule has 0 aliphatic carbocycles. The van der Waals surface area contributed by atoms with Gasteiger partial charge in [-0.3, -0.25) is 0 Å². The van der Waals surface area contributed by atoms with E-state index in [2.05, 4.69) is 20.4 Å². The molecule has 0 fully saturated rings. The SMILES string of the molecule is Cc1cc(Nc2cccc(C(F)(F)F)c2)nc(-n2ccc(C)n2)n1. The van der Waals surface area contributed by atoms with Gasteiger partial charge >= 0.3 is 6.18 Å². The largest absolute Gasteiger partial charge is 0.416 e. The van der Waals surface area contributed by atoms with E-state index in [-0.39, 0.29) is 0 Å². The molecule has 3 rings (SSSR count). The quantitative estimate of drug-likeness (QED) is 0.786. The van der Waals surface area contributed by atoms with E-state index in [0.717, 1.165) is 17.8 Å². The summed E-state index contributed by atoms with van der Waals surface area (Å²) in [5, 5.41) is 7.11. The van der Waals surface area contributed by atoms with Crippen molar-refractivity contribution in [2.75, 3.05) is 5.32 Å². The van der Waals surface area contributed by atoms with Crippen LogP contribution in [0.4, 0.5) is 24.7 Å². The van der Waals surface area contributed by atoms with Gasteiger partial charge in [0.25, 0.3) is 5.95 Å². The van der Waals surface area contributed by atoms with Gasteiger partial charge < -0.3 is 5.32 Å². The maximum atomic E-state index is 12.8. The molecule has 124 valence electrons. The number of nitrogens with one attached hydrogen (secondary N) is 1. The van der Waals surface area contributed by atoms with Crippen LogP contribution < -0.4 is 5.32 Å². The Kier molecular flexibility index (Phi) is 3.96. The number of alkyl halides is 3.